The zero-order valence-corrected chi connectivity index (χ0v) is 21.1. The van der Waals surface area contributed by atoms with Crippen molar-refractivity contribution in [3.8, 4) is 24.5 Å². The summed E-state index contributed by atoms with van der Waals surface area (Å²) in [6, 6.07) is 12.8. The number of aromatic nitrogens is 1. The molecule has 1 amide bonds. The first-order chi connectivity index (χ1) is 16.7. The molecule has 11 heteroatoms. The highest BCUT2D eigenvalue weighted by atomic mass is 35.5. The summed E-state index contributed by atoms with van der Waals surface area (Å²) in [4.78, 5) is 17.5. The standard InChI is InChI=1S/C24H20ClN5O3S2/c1-3-14-30-22-17(2)20(25)10-11-21(22)34-24(30)28-23(31)18-6-8-19(9-7-18)35(32,33)29(15-4-12-26)16-5-13-27/h1,6-11H,4-5,14-16H2,2H3. The normalized spacial score (nSPS) is 11.8. The Labute approximate surface area is 212 Å². The van der Waals surface area contributed by atoms with E-state index in [2.05, 4.69) is 10.9 Å². The number of halogens is 1. The zero-order chi connectivity index (χ0) is 25.6. The summed E-state index contributed by atoms with van der Waals surface area (Å²) < 4.78 is 29.6. The van der Waals surface area contributed by atoms with Crippen LogP contribution in [0, 0.1) is 41.9 Å². The highest BCUT2D eigenvalue weighted by Crippen LogP contribution is 2.27. The fourth-order valence-electron chi connectivity index (χ4n) is 3.41. The molecule has 0 fully saturated rings. The molecule has 0 aliphatic rings. The molecule has 0 N–H and O–H groups in total. The molecule has 0 aliphatic carbocycles. The lowest BCUT2D eigenvalue weighted by Crippen LogP contribution is -2.32. The second kappa shape index (κ2) is 11.3. The van der Waals surface area contributed by atoms with Crippen molar-refractivity contribution in [1.29, 1.82) is 10.5 Å². The van der Waals surface area contributed by atoms with Crippen LogP contribution in [0.1, 0.15) is 28.8 Å². The van der Waals surface area contributed by atoms with E-state index in [1.54, 1.807) is 10.6 Å². The number of hydrogen-bond acceptors (Lipinski definition) is 6. The minimum Gasteiger partial charge on any atom is -0.304 e. The van der Waals surface area contributed by atoms with E-state index in [0.29, 0.717) is 9.82 Å². The average Bonchev–Trinajstić information content (AvgIpc) is 3.19. The number of carbonyl (C=O) groups excluding carboxylic acids is 1. The monoisotopic (exact) mass is 525 g/mol. The zero-order valence-electron chi connectivity index (χ0n) is 18.7. The van der Waals surface area contributed by atoms with Crippen molar-refractivity contribution < 1.29 is 13.2 Å². The summed E-state index contributed by atoms with van der Waals surface area (Å²) in [6.07, 6.45) is 5.53. The van der Waals surface area contributed by atoms with Crippen molar-refractivity contribution in [1.82, 2.24) is 8.87 Å². The Balaban J connectivity index is 1.97. The van der Waals surface area contributed by atoms with Gasteiger partial charge in [-0.25, -0.2) is 8.42 Å². The maximum absolute atomic E-state index is 13.0. The molecular weight excluding hydrogens is 506 g/mol. The van der Waals surface area contributed by atoms with Gasteiger partial charge in [0, 0.05) is 36.5 Å². The molecule has 1 aromatic heterocycles. The molecule has 0 spiro atoms. The van der Waals surface area contributed by atoms with E-state index in [-0.39, 0.29) is 42.9 Å². The lowest BCUT2D eigenvalue weighted by atomic mass is 10.2. The van der Waals surface area contributed by atoms with E-state index >= 15 is 0 Å². The minimum atomic E-state index is -3.93. The molecule has 1 heterocycles. The van der Waals surface area contributed by atoms with Gasteiger partial charge in [-0.2, -0.15) is 19.8 Å². The number of hydrogen-bond donors (Lipinski definition) is 0. The van der Waals surface area contributed by atoms with Crippen LogP contribution in [0.3, 0.4) is 0 Å². The van der Waals surface area contributed by atoms with Crippen LogP contribution in [0.4, 0.5) is 0 Å². The number of thiazole rings is 1. The predicted octanol–water partition coefficient (Wildman–Crippen LogP) is 3.86. The third-order valence-electron chi connectivity index (χ3n) is 5.16. The van der Waals surface area contributed by atoms with Gasteiger partial charge in [-0.15, -0.1) is 6.42 Å². The average molecular weight is 526 g/mol. The lowest BCUT2D eigenvalue weighted by Gasteiger charge is -2.20. The third kappa shape index (κ3) is 5.62. The van der Waals surface area contributed by atoms with Gasteiger partial charge >= 0.3 is 0 Å². The molecule has 0 bridgehead atoms. The van der Waals surface area contributed by atoms with Crippen molar-refractivity contribution in [3.05, 3.63) is 57.3 Å². The molecule has 178 valence electrons. The van der Waals surface area contributed by atoms with E-state index < -0.39 is 15.9 Å². The van der Waals surface area contributed by atoms with Crippen molar-refractivity contribution in [2.45, 2.75) is 31.2 Å². The van der Waals surface area contributed by atoms with E-state index in [0.717, 1.165) is 20.1 Å². The number of benzene rings is 2. The first kappa shape index (κ1) is 26.2. The van der Waals surface area contributed by atoms with Gasteiger partial charge in [-0.1, -0.05) is 28.9 Å². The van der Waals surface area contributed by atoms with Crippen LogP contribution >= 0.6 is 22.9 Å². The predicted molar refractivity (Wildman–Crippen MR) is 134 cm³/mol. The second-order valence-electron chi connectivity index (χ2n) is 7.36. The topological polar surface area (TPSA) is 119 Å². The van der Waals surface area contributed by atoms with Crippen molar-refractivity contribution >= 4 is 49.1 Å². The Kier molecular flexibility index (Phi) is 8.45. The Bertz CT molecular complexity index is 1550. The Hall–Kier alpha value is -3.46. The van der Waals surface area contributed by atoms with Gasteiger partial charge in [0.25, 0.3) is 5.91 Å². The van der Waals surface area contributed by atoms with E-state index in [4.69, 9.17) is 28.5 Å². The number of aryl methyl sites for hydroxylation is 1. The summed E-state index contributed by atoms with van der Waals surface area (Å²) >= 11 is 7.56. The van der Waals surface area contributed by atoms with Crippen molar-refractivity contribution in [3.63, 3.8) is 0 Å². The Morgan fingerprint density at radius 3 is 2.34 bits per heavy atom. The Morgan fingerprint density at radius 1 is 1.14 bits per heavy atom. The number of sulfonamides is 1. The van der Waals surface area contributed by atoms with Crippen LogP contribution < -0.4 is 4.80 Å². The maximum Gasteiger partial charge on any atom is 0.279 e. The number of nitrogens with zero attached hydrogens (tertiary/aromatic N) is 5. The fourth-order valence-corrected chi connectivity index (χ4v) is 6.09. The summed E-state index contributed by atoms with van der Waals surface area (Å²) in [5.41, 5.74) is 1.84. The number of carbonyl (C=O) groups is 1. The van der Waals surface area contributed by atoms with Gasteiger partial charge in [0.1, 0.15) is 0 Å². The van der Waals surface area contributed by atoms with Gasteiger partial charge in [0.2, 0.25) is 10.0 Å². The molecule has 0 aliphatic heterocycles. The molecule has 2 aromatic carbocycles. The molecule has 0 radical (unpaired) electrons. The quantitative estimate of drug-likeness (QED) is 0.414. The van der Waals surface area contributed by atoms with Crippen LogP contribution in [0.5, 0.6) is 0 Å². The first-order valence-electron chi connectivity index (χ1n) is 10.4. The molecule has 3 aromatic rings. The van der Waals surface area contributed by atoms with Crippen molar-refractivity contribution in [2.24, 2.45) is 4.99 Å². The number of terminal acetylenes is 1. The smallest absolute Gasteiger partial charge is 0.279 e. The SMILES string of the molecule is C#CCn1c(=NC(=O)c2ccc(S(=O)(=O)N(CCC#N)CCC#N)cc2)sc2ccc(Cl)c(C)c21. The Morgan fingerprint density at radius 2 is 1.77 bits per heavy atom. The molecule has 0 saturated heterocycles. The summed E-state index contributed by atoms with van der Waals surface area (Å²) in [7, 11) is -3.93. The molecular formula is C24H20ClN5O3S2. The van der Waals surface area contributed by atoms with Gasteiger partial charge in [0.15, 0.2) is 4.80 Å². The number of fused-ring (bicyclic) bond motifs is 1. The van der Waals surface area contributed by atoms with Crippen LogP contribution in [0.15, 0.2) is 46.3 Å². The number of nitriles is 2. The van der Waals surface area contributed by atoms with Gasteiger partial charge in [-0.05, 0) is 48.9 Å². The third-order valence-corrected chi connectivity index (χ3v) is 8.53. The number of amides is 1. The molecule has 0 unspecified atom stereocenters. The van der Waals surface area contributed by atoms with Crippen LogP contribution in [-0.2, 0) is 16.6 Å². The summed E-state index contributed by atoms with van der Waals surface area (Å²) in [5.74, 6) is 2.01. The van der Waals surface area contributed by atoms with Gasteiger partial charge < -0.3 is 4.57 Å². The summed E-state index contributed by atoms with van der Waals surface area (Å²) in [5, 5.41) is 18.2. The van der Waals surface area contributed by atoms with Crippen LogP contribution in [0.2, 0.25) is 5.02 Å². The highest BCUT2D eigenvalue weighted by molar-refractivity contribution is 7.89. The lowest BCUT2D eigenvalue weighted by molar-refractivity contribution is 0.0997. The van der Waals surface area contributed by atoms with E-state index in [1.165, 1.54) is 35.6 Å². The fraction of sp³-hybridized carbons (Fsp3) is 0.250. The largest absolute Gasteiger partial charge is 0.304 e. The van der Waals surface area contributed by atoms with E-state index in [9.17, 15) is 13.2 Å². The van der Waals surface area contributed by atoms with Gasteiger partial charge in [0.05, 0.1) is 33.8 Å². The first-order valence-corrected chi connectivity index (χ1v) is 13.0. The van der Waals surface area contributed by atoms with Crippen LogP contribution in [-0.4, -0.2) is 36.3 Å². The second-order valence-corrected chi connectivity index (χ2v) is 10.7. The number of rotatable bonds is 8. The van der Waals surface area contributed by atoms with Crippen molar-refractivity contribution in [2.75, 3.05) is 13.1 Å². The van der Waals surface area contributed by atoms with E-state index in [1.807, 2.05) is 25.1 Å². The van der Waals surface area contributed by atoms with Crippen LogP contribution in [0.25, 0.3) is 10.2 Å². The van der Waals surface area contributed by atoms with Gasteiger partial charge in [-0.3, -0.25) is 4.79 Å². The molecule has 0 saturated carbocycles. The minimum absolute atomic E-state index is 0.00236. The molecule has 0 atom stereocenters. The molecule has 35 heavy (non-hydrogen) atoms. The summed E-state index contributed by atoms with van der Waals surface area (Å²) in [6.45, 7) is 2.01. The maximum atomic E-state index is 13.0. The highest BCUT2D eigenvalue weighted by Gasteiger charge is 2.24. The molecule has 3 rings (SSSR count). The molecule has 8 nitrogen and oxygen atoms in total.